The van der Waals surface area contributed by atoms with Crippen LogP contribution in [0.25, 0.3) is 0 Å². The molecule has 48 heavy (non-hydrogen) atoms. The zero-order valence-electron chi connectivity index (χ0n) is 28.2. The minimum atomic E-state index is -4.64. The zero-order valence-corrected chi connectivity index (χ0v) is 29.0. The van der Waals surface area contributed by atoms with Gasteiger partial charge in [-0.25, -0.2) is 0 Å². The number of H-pyrrole nitrogens is 1. The van der Waals surface area contributed by atoms with E-state index in [0.29, 0.717) is 36.6 Å². The van der Waals surface area contributed by atoms with Gasteiger partial charge in [-0.05, 0) is 91.2 Å². The van der Waals surface area contributed by atoms with Crippen LogP contribution >= 0.6 is 11.6 Å². The van der Waals surface area contributed by atoms with Crippen LogP contribution in [0, 0.1) is 16.7 Å². The summed E-state index contributed by atoms with van der Waals surface area (Å²) in [4.78, 5) is 34.4. The quantitative estimate of drug-likeness (QED) is 0.250. The van der Waals surface area contributed by atoms with E-state index in [-0.39, 0.29) is 39.6 Å². The van der Waals surface area contributed by atoms with E-state index in [1.54, 1.807) is 12.1 Å². The summed E-state index contributed by atoms with van der Waals surface area (Å²) in [7, 11) is 0. The summed E-state index contributed by atoms with van der Waals surface area (Å²) >= 11 is 6.19. The highest BCUT2D eigenvalue weighted by molar-refractivity contribution is 6.47. The lowest BCUT2D eigenvalue weighted by atomic mass is 9.69. The Labute approximate surface area is 284 Å². The van der Waals surface area contributed by atoms with Gasteiger partial charge in [0.1, 0.15) is 11.4 Å². The van der Waals surface area contributed by atoms with E-state index in [1.165, 1.54) is 6.07 Å². The summed E-state index contributed by atoms with van der Waals surface area (Å²) in [5.41, 5.74) is -0.579. The van der Waals surface area contributed by atoms with Gasteiger partial charge < -0.3 is 10.2 Å². The number of aromatic amines is 1. The first kappa shape index (κ1) is 35.5. The Morgan fingerprint density at radius 1 is 1.06 bits per heavy atom. The molecule has 2 aliphatic rings. The van der Waals surface area contributed by atoms with Crippen molar-refractivity contribution in [3.63, 3.8) is 0 Å². The van der Waals surface area contributed by atoms with E-state index in [2.05, 4.69) is 67.5 Å². The molecule has 0 saturated heterocycles. The van der Waals surface area contributed by atoms with Gasteiger partial charge >= 0.3 is 6.18 Å². The molecule has 0 bridgehead atoms. The molecule has 0 radical (unpaired) electrons. The Kier molecular flexibility index (Phi) is 9.80. The number of carbonyl (C=O) groups is 2. The number of halogens is 4. The Morgan fingerprint density at radius 3 is 2.29 bits per heavy atom. The van der Waals surface area contributed by atoms with Gasteiger partial charge in [0.15, 0.2) is 5.82 Å². The topological polar surface area (TPSA) is 116 Å². The number of rotatable bonds is 8. The van der Waals surface area contributed by atoms with Crippen molar-refractivity contribution in [3.8, 4) is 0 Å². The Balaban J connectivity index is 1.54. The normalized spacial score (nSPS) is 21.0. The van der Waals surface area contributed by atoms with E-state index >= 15 is 0 Å². The molecule has 258 valence electrons. The number of aliphatic imine (C=N–C) groups is 1. The Hall–Kier alpha value is -3.80. The van der Waals surface area contributed by atoms with Gasteiger partial charge in [0.2, 0.25) is 0 Å². The van der Waals surface area contributed by atoms with Crippen molar-refractivity contribution in [2.24, 2.45) is 21.7 Å². The van der Waals surface area contributed by atoms with E-state index in [9.17, 15) is 22.8 Å². The molecule has 1 aromatic heterocycles. The maximum Gasteiger partial charge on any atom is 0.416 e. The number of nitrogens with zero attached hydrogens (tertiary/aromatic N) is 5. The van der Waals surface area contributed by atoms with Crippen LogP contribution in [-0.4, -0.2) is 48.7 Å². The molecular formula is C35H43ClF3N7O2. The number of benzene rings is 2. The zero-order chi connectivity index (χ0) is 35.1. The van der Waals surface area contributed by atoms with Crippen LogP contribution < -0.4 is 5.32 Å². The smallest absolute Gasteiger partial charge is 0.345 e. The first-order valence-electron chi connectivity index (χ1n) is 16.3. The number of alkyl halides is 3. The lowest BCUT2D eigenvalue weighted by Crippen LogP contribution is -2.51. The molecule has 1 aliphatic carbocycles. The molecule has 13 heteroatoms. The average Bonchev–Trinajstić information content (AvgIpc) is 3.62. The molecule has 1 saturated carbocycles. The molecule has 0 unspecified atom stereocenters. The van der Waals surface area contributed by atoms with Gasteiger partial charge in [0.25, 0.3) is 11.8 Å². The predicted molar refractivity (Wildman–Crippen MR) is 177 cm³/mol. The third-order valence-corrected chi connectivity index (χ3v) is 9.75. The van der Waals surface area contributed by atoms with E-state index in [4.69, 9.17) is 16.6 Å². The van der Waals surface area contributed by atoms with Crippen LogP contribution in [0.15, 0.2) is 47.5 Å². The van der Waals surface area contributed by atoms with Crippen molar-refractivity contribution in [1.29, 1.82) is 0 Å². The van der Waals surface area contributed by atoms with Crippen molar-refractivity contribution in [3.05, 3.63) is 75.6 Å². The fraction of sp³-hybridized carbons (Fsp3) is 0.543. The maximum absolute atomic E-state index is 14.6. The highest BCUT2D eigenvalue weighted by Gasteiger charge is 2.53. The molecule has 2 N–H and O–H groups in total. The van der Waals surface area contributed by atoms with E-state index in [0.717, 1.165) is 37.0 Å². The largest absolute Gasteiger partial charge is 0.416 e. The predicted octanol–water partition coefficient (Wildman–Crippen LogP) is 7.93. The Morgan fingerprint density at radius 2 is 1.73 bits per heavy atom. The fourth-order valence-corrected chi connectivity index (χ4v) is 7.05. The summed E-state index contributed by atoms with van der Waals surface area (Å²) < 4.78 is 41.5. The van der Waals surface area contributed by atoms with Crippen LogP contribution in [-0.2, 0) is 17.5 Å². The summed E-state index contributed by atoms with van der Waals surface area (Å²) in [5, 5.41) is 16.2. The molecule has 5 rings (SSSR count). The molecule has 3 aromatic rings. The third kappa shape index (κ3) is 7.90. The highest BCUT2D eigenvalue weighted by atomic mass is 35.5. The number of amides is 2. The summed E-state index contributed by atoms with van der Waals surface area (Å²) in [6, 6.07) is 9.88. The highest BCUT2D eigenvalue weighted by Crippen LogP contribution is 2.50. The van der Waals surface area contributed by atoms with Crippen molar-refractivity contribution in [2.75, 3.05) is 0 Å². The second-order valence-electron chi connectivity index (χ2n) is 15.2. The van der Waals surface area contributed by atoms with Crippen molar-refractivity contribution < 1.29 is 22.8 Å². The lowest BCUT2D eigenvalue weighted by Gasteiger charge is -2.47. The van der Waals surface area contributed by atoms with Crippen molar-refractivity contribution >= 4 is 29.1 Å². The number of hydrogen-bond donors (Lipinski definition) is 2. The van der Waals surface area contributed by atoms with Crippen molar-refractivity contribution in [1.82, 2.24) is 30.8 Å². The lowest BCUT2D eigenvalue weighted by molar-refractivity contribution is -0.137. The molecule has 9 nitrogen and oxygen atoms in total. The molecule has 1 aliphatic heterocycles. The fourth-order valence-electron chi connectivity index (χ4n) is 6.81. The van der Waals surface area contributed by atoms with Gasteiger partial charge in [-0.2, -0.15) is 18.4 Å². The molecule has 2 heterocycles. The maximum atomic E-state index is 14.6. The van der Waals surface area contributed by atoms with Crippen LogP contribution in [0.4, 0.5) is 13.2 Å². The number of hydrogen-bond acceptors (Lipinski definition) is 6. The molecule has 2 amide bonds. The molecule has 1 fully saturated rings. The van der Waals surface area contributed by atoms with Crippen LogP contribution in [0.5, 0.6) is 0 Å². The number of tetrazole rings is 1. The number of carbonyl (C=O) groups excluding carboxylic acids is 2. The molecule has 1 spiro atoms. The molecular weight excluding hydrogens is 643 g/mol. The molecule has 1 atom stereocenters. The second-order valence-corrected chi connectivity index (χ2v) is 15.7. The summed E-state index contributed by atoms with van der Waals surface area (Å²) in [5.74, 6) is 0.0130. The second kappa shape index (κ2) is 13.2. The Bertz CT molecular complexity index is 1650. The van der Waals surface area contributed by atoms with E-state index < -0.39 is 29.4 Å². The van der Waals surface area contributed by atoms with Crippen LogP contribution in [0.1, 0.15) is 119 Å². The van der Waals surface area contributed by atoms with Gasteiger partial charge in [-0.15, -0.1) is 10.2 Å². The first-order valence-corrected chi connectivity index (χ1v) is 16.7. The number of nitrogens with one attached hydrogen (secondary N) is 2. The monoisotopic (exact) mass is 685 g/mol. The third-order valence-electron chi connectivity index (χ3n) is 9.53. The molecule has 2 aromatic carbocycles. The van der Waals surface area contributed by atoms with Crippen LogP contribution in [0.3, 0.4) is 0 Å². The average molecular weight is 686 g/mol. The minimum absolute atomic E-state index is 0.00423. The van der Waals surface area contributed by atoms with Crippen LogP contribution in [0.2, 0.25) is 5.02 Å². The van der Waals surface area contributed by atoms with Gasteiger partial charge in [-0.1, -0.05) is 70.5 Å². The van der Waals surface area contributed by atoms with Gasteiger partial charge in [0, 0.05) is 16.1 Å². The van der Waals surface area contributed by atoms with Gasteiger partial charge in [0.05, 0.1) is 18.2 Å². The SMILES string of the molecule is CC(C)(C)CC[C@H](c1ccc(C(=O)NCc2nn[nH]n2)cc1)N1C(=O)C(c2cc(Cl)cc(C(F)(F)F)c2)=NC12CCC(C(C)(C)C)CC2. The van der Waals surface area contributed by atoms with Gasteiger partial charge in [-0.3, -0.25) is 14.6 Å². The summed E-state index contributed by atoms with van der Waals surface area (Å²) in [6.07, 6.45) is -0.482. The van der Waals surface area contributed by atoms with E-state index in [1.807, 2.05) is 17.0 Å². The summed E-state index contributed by atoms with van der Waals surface area (Å²) in [6.45, 7) is 13.1. The number of aromatic nitrogens is 4. The standard InChI is InChI=1S/C35H43ClF3N7O2/c1-32(2,3)14-13-27(21-7-9-22(10-8-21)30(47)40-20-28-42-44-45-43-28)46-31(48)29(23-17-25(35(37,38)39)19-26(36)18-23)41-34(46)15-11-24(12-16-34)33(4,5)6/h7-10,17-19,24,27H,11-16,20H2,1-6H3,(H,40,47)(H,42,43,44,45)/t24?,27-,34?/m1/s1. The minimum Gasteiger partial charge on any atom is -0.345 e. The first-order chi connectivity index (χ1) is 22.4. The van der Waals surface area contributed by atoms with Crippen molar-refractivity contribution in [2.45, 2.75) is 104 Å².